The Kier molecular flexibility index (Phi) is 5.24. The number of anilines is 1. The monoisotopic (exact) mass is 371 g/mol. The predicted molar refractivity (Wildman–Crippen MR) is 110 cm³/mol. The number of ether oxygens (including phenoxy) is 1. The van der Waals surface area contributed by atoms with Crippen LogP contribution in [0.3, 0.4) is 0 Å². The minimum atomic E-state index is -0.250. The van der Waals surface area contributed by atoms with E-state index >= 15 is 0 Å². The number of fused-ring (bicyclic) bond motifs is 1. The molecule has 4 nitrogen and oxygen atoms in total. The maximum absolute atomic E-state index is 12.9. The molecule has 4 aromatic rings. The van der Waals surface area contributed by atoms with Crippen molar-refractivity contribution in [2.24, 2.45) is 5.10 Å². The van der Waals surface area contributed by atoms with Gasteiger partial charge in [0.05, 0.1) is 11.7 Å². The fourth-order valence-electron chi connectivity index (χ4n) is 2.70. The number of benzene rings is 3. The molecule has 0 fully saturated rings. The normalized spacial score (nSPS) is 11.0. The molecule has 1 aromatic heterocycles. The van der Waals surface area contributed by atoms with Crippen LogP contribution in [0.1, 0.15) is 11.1 Å². The number of hydrogen-bond donors (Lipinski definition) is 1. The van der Waals surface area contributed by atoms with E-state index in [2.05, 4.69) is 15.5 Å². The molecule has 0 aliphatic rings. The molecule has 3 aromatic carbocycles. The quantitative estimate of drug-likeness (QED) is 0.365. The SMILES string of the molecule is Fc1ccc(COc2ccc(/C=N\Nc3ccc4ccccc4n3)cc2)cc1. The molecule has 0 amide bonds. The van der Waals surface area contributed by atoms with E-state index in [1.807, 2.05) is 60.7 Å². The maximum Gasteiger partial charge on any atom is 0.146 e. The lowest BCUT2D eigenvalue weighted by Crippen LogP contribution is -1.96. The van der Waals surface area contributed by atoms with Crippen molar-refractivity contribution in [3.63, 3.8) is 0 Å². The van der Waals surface area contributed by atoms with Crippen LogP contribution in [-0.2, 0) is 6.61 Å². The number of nitrogens with one attached hydrogen (secondary N) is 1. The number of nitrogens with zero attached hydrogens (tertiary/aromatic N) is 2. The first-order chi connectivity index (χ1) is 13.8. The lowest BCUT2D eigenvalue weighted by atomic mass is 10.2. The van der Waals surface area contributed by atoms with Crippen molar-refractivity contribution in [3.8, 4) is 5.75 Å². The first-order valence-corrected chi connectivity index (χ1v) is 8.88. The van der Waals surface area contributed by atoms with Crippen molar-refractivity contribution in [1.29, 1.82) is 0 Å². The van der Waals surface area contributed by atoms with Crippen LogP contribution in [0.25, 0.3) is 10.9 Å². The average Bonchev–Trinajstić information content (AvgIpc) is 2.74. The molecular formula is C23H18FN3O. The predicted octanol–water partition coefficient (Wildman–Crippen LogP) is 5.40. The summed E-state index contributed by atoms with van der Waals surface area (Å²) < 4.78 is 18.6. The Balaban J connectivity index is 1.33. The highest BCUT2D eigenvalue weighted by atomic mass is 19.1. The Hall–Kier alpha value is -3.73. The van der Waals surface area contributed by atoms with E-state index in [4.69, 9.17) is 4.74 Å². The van der Waals surface area contributed by atoms with Crippen molar-refractivity contribution >= 4 is 22.9 Å². The number of halogens is 1. The van der Waals surface area contributed by atoms with Crippen LogP contribution < -0.4 is 10.2 Å². The Bertz CT molecular complexity index is 1090. The summed E-state index contributed by atoms with van der Waals surface area (Å²) in [7, 11) is 0. The molecule has 28 heavy (non-hydrogen) atoms. The van der Waals surface area contributed by atoms with E-state index < -0.39 is 0 Å². The Morgan fingerprint density at radius 1 is 0.893 bits per heavy atom. The van der Waals surface area contributed by atoms with Gasteiger partial charge in [0.25, 0.3) is 0 Å². The van der Waals surface area contributed by atoms with Gasteiger partial charge in [0.2, 0.25) is 0 Å². The molecular weight excluding hydrogens is 353 g/mol. The van der Waals surface area contributed by atoms with E-state index in [-0.39, 0.29) is 5.82 Å². The maximum atomic E-state index is 12.9. The third kappa shape index (κ3) is 4.51. The fraction of sp³-hybridized carbons (Fsp3) is 0.0435. The second-order valence-corrected chi connectivity index (χ2v) is 6.24. The number of aromatic nitrogens is 1. The number of rotatable bonds is 6. The highest BCUT2D eigenvalue weighted by molar-refractivity contribution is 5.81. The summed E-state index contributed by atoms with van der Waals surface area (Å²) in [6.07, 6.45) is 1.72. The summed E-state index contributed by atoms with van der Waals surface area (Å²) in [4.78, 5) is 4.51. The van der Waals surface area contributed by atoms with E-state index in [1.165, 1.54) is 12.1 Å². The van der Waals surface area contributed by atoms with Crippen LogP contribution in [0.15, 0.2) is 90.0 Å². The smallest absolute Gasteiger partial charge is 0.146 e. The molecule has 0 saturated heterocycles. The second kappa shape index (κ2) is 8.31. The number of para-hydroxylation sites is 1. The zero-order valence-corrected chi connectivity index (χ0v) is 15.0. The van der Waals surface area contributed by atoms with Crippen molar-refractivity contribution in [1.82, 2.24) is 4.98 Å². The van der Waals surface area contributed by atoms with Crippen LogP contribution in [0.4, 0.5) is 10.2 Å². The lowest BCUT2D eigenvalue weighted by molar-refractivity contribution is 0.306. The fourth-order valence-corrected chi connectivity index (χ4v) is 2.70. The molecule has 0 bridgehead atoms. The summed E-state index contributed by atoms with van der Waals surface area (Å²) in [5.74, 6) is 1.18. The molecule has 0 aliphatic carbocycles. The van der Waals surface area contributed by atoms with Crippen LogP contribution in [0.2, 0.25) is 0 Å². The molecule has 5 heteroatoms. The average molecular weight is 371 g/mol. The van der Waals surface area contributed by atoms with Gasteiger partial charge in [-0.1, -0.05) is 30.3 Å². The van der Waals surface area contributed by atoms with Gasteiger partial charge in [-0.3, -0.25) is 5.43 Å². The topological polar surface area (TPSA) is 46.5 Å². The molecule has 0 aliphatic heterocycles. The minimum absolute atomic E-state index is 0.250. The largest absolute Gasteiger partial charge is 0.489 e. The van der Waals surface area contributed by atoms with Gasteiger partial charge in [-0.25, -0.2) is 9.37 Å². The first kappa shape index (κ1) is 17.7. The highest BCUT2D eigenvalue weighted by Crippen LogP contribution is 2.15. The summed E-state index contributed by atoms with van der Waals surface area (Å²) in [5, 5.41) is 5.33. The lowest BCUT2D eigenvalue weighted by Gasteiger charge is -2.06. The van der Waals surface area contributed by atoms with E-state index in [0.29, 0.717) is 12.4 Å². The molecule has 4 rings (SSSR count). The summed E-state index contributed by atoms with van der Waals surface area (Å²) in [5.41, 5.74) is 5.72. The Morgan fingerprint density at radius 3 is 2.50 bits per heavy atom. The van der Waals surface area contributed by atoms with Gasteiger partial charge in [0, 0.05) is 5.39 Å². The summed E-state index contributed by atoms with van der Waals surface area (Å²) in [6, 6.07) is 25.7. The first-order valence-electron chi connectivity index (χ1n) is 8.88. The van der Waals surface area contributed by atoms with Gasteiger partial charge >= 0.3 is 0 Å². The number of hydrogen-bond acceptors (Lipinski definition) is 4. The van der Waals surface area contributed by atoms with E-state index in [1.54, 1.807) is 18.3 Å². The van der Waals surface area contributed by atoms with Crippen LogP contribution in [-0.4, -0.2) is 11.2 Å². The van der Waals surface area contributed by atoms with Gasteiger partial charge in [-0.2, -0.15) is 5.10 Å². The second-order valence-electron chi connectivity index (χ2n) is 6.24. The zero-order chi connectivity index (χ0) is 19.2. The third-order valence-electron chi connectivity index (χ3n) is 4.19. The standard InChI is InChI=1S/C23H18FN3O/c24-20-10-5-18(6-11-20)16-28-21-12-7-17(8-13-21)15-25-27-23-14-9-19-3-1-2-4-22(19)26-23/h1-15H,16H2,(H,26,27)/b25-15-. The van der Waals surface area contributed by atoms with Crippen molar-refractivity contribution in [2.75, 3.05) is 5.43 Å². The van der Waals surface area contributed by atoms with Crippen LogP contribution in [0, 0.1) is 5.82 Å². The van der Waals surface area contributed by atoms with E-state index in [9.17, 15) is 4.39 Å². The van der Waals surface area contributed by atoms with Crippen LogP contribution >= 0.6 is 0 Å². The van der Waals surface area contributed by atoms with Crippen molar-refractivity contribution in [2.45, 2.75) is 6.61 Å². The van der Waals surface area contributed by atoms with Crippen molar-refractivity contribution in [3.05, 3.63) is 102 Å². The molecule has 0 atom stereocenters. The van der Waals surface area contributed by atoms with Gasteiger partial charge in [-0.15, -0.1) is 0 Å². The van der Waals surface area contributed by atoms with Gasteiger partial charge in [0.1, 0.15) is 24.0 Å². The number of pyridine rings is 1. The molecule has 0 spiro atoms. The Morgan fingerprint density at radius 2 is 1.68 bits per heavy atom. The third-order valence-corrected chi connectivity index (χ3v) is 4.19. The minimum Gasteiger partial charge on any atom is -0.489 e. The molecule has 0 radical (unpaired) electrons. The molecule has 0 unspecified atom stereocenters. The molecule has 0 saturated carbocycles. The number of hydrazone groups is 1. The molecule has 138 valence electrons. The van der Waals surface area contributed by atoms with E-state index in [0.717, 1.165) is 27.8 Å². The summed E-state index contributed by atoms with van der Waals surface area (Å²) in [6.45, 7) is 0.392. The van der Waals surface area contributed by atoms with Gasteiger partial charge < -0.3 is 4.74 Å². The molecule has 1 heterocycles. The highest BCUT2D eigenvalue weighted by Gasteiger charge is 1.98. The zero-order valence-electron chi connectivity index (χ0n) is 15.0. The van der Waals surface area contributed by atoms with Crippen LogP contribution in [0.5, 0.6) is 5.75 Å². The van der Waals surface area contributed by atoms with Crippen molar-refractivity contribution < 1.29 is 9.13 Å². The van der Waals surface area contributed by atoms with Gasteiger partial charge in [-0.05, 0) is 65.7 Å². The van der Waals surface area contributed by atoms with Gasteiger partial charge in [0.15, 0.2) is 0 Å². The molecule has 1 N–H and O–H groups in total. The Labute approximate surface area is 162 Å². The summed E-state index contributed by atoms with van der Waals surface area (Å²) >= 11 is 0.